The lowest BCUT2D eigenvalue weighted by Gasteiger charge is -2.33. The number of methoxy groups -OCH3 is 1. The molecule has 1 saturated heterocycles. The highest BCUT2D eigenvalue weighted by molar-refractivity contribution is 5.91. The van der Waals surface area contributed by atoms with Crippen molar-refractivity contribution in [2.24, 2.45) is 5.73 Å². The second-order valence-electron chi connectivity index (χ2n) is 6.94. The third-order valence-corrected chi connectivity index (χ3v) is 4.83. The largest absolute Gasteiger partial charge is 0.496 e. The maximum atomic E-state index is 12.7. The number of carbonyl (C=O) groups is 2. The maximum absolute atomic E-state index is 12.7. The molecule has 148 valence electrons. The molecule has 2 amide bonds. The number of piperidine rings is 1. The Hall–Kier alpha value is -3.09. The number of carbonyl (C=O) groups excluding carboxylic acids is 2. The van der Waals surface area contributed by atoms with E-state index in [1.807, 2.05) is 30.0 Å². The van der Waals surface area contributed by atoms with Crippen LogP contribution in [0.4, 0.5) is 0 Å². The van der Waals surface area contributed by atoms with E-state index >= 15 is 0 Å². The summed E-state index contributed by atoms with van der Waals surface area (Å²) in [7, 11) is 1.64. The zero-order valence-corrected chi connectivity index (χ0v) is 16.2. The first-order valence-corrected chi connectivity index (χ1v) is 9.30. The van der Waals surface area contributed by atoms with Gasteiger partial charge in [0.2, 0.25) is 5.91 Å². The van der Waals surface area contributed by atoms with Crippen LogP contribution in [0.25, 0.3) is 0 Å². The molecular weight excluding hydrogens is 358 g/mol. The van der Waals surface area contributed by atoms with Gasteiger partial charge in [0.1, 0.15) is 23.3 Å². The lowest BCUT2D eigenvalue weighted by Crippen LogP contribution is -2.45. The summed E-state index contributed by atoms with van der Waals surface area (Å²) in [6.45, 7) is 3.20. The van der Waals surface area contributed by atoms with Crippen molar-refractivity contribution in [2.45, 2.75) is 32.3 Å². The number of rotatable bonds is 6. The topological polar surface area (TPSA) is 94.8 Å². The van der Waals surface area contributed by atoms with Crippen molar-refractivity contribution in [3.05, 3.63) is 53.3 Å². The first kappa shape index (κ1) is 19.7. The van der Waals surface area contributed by atoms with Gasteiger partial charge in [0, 0.05) is 18.8 Å². The quantitative estimate of drug-likeness (QED) is 0.824. The van der Waals surface area contributed by atoms with Crippen molar-refractivity contribution in [3.63, 3.8) is 0 Å². The van der Waals surface area contributed by atoms with E-state index in [1.165, 1.54) is 12.3 Å². The fourth-order valence-electron chi connectivity index (χ4n) is 3.41. The fraction of sp³-hybridized carbons (Fsp3) is 0.381. The van der Waals surface area contributed by atoms with E-state index in [9.17, 15) is 9.59 Å². The molecule has 1 atom stereocenters. The highest BCUT2D eigenvalue weighted by Crippen LogP contribution is 2.21. The summed E-state index contributed by atoms with van der Waals surface area (Å²) in [4.78, 5) is 29.8. The number of likely N-dealkylation sites (tertiary alicyclic amines) is 1. The van der Waals surface area contributed by atoms with Crippen LogP contribution in [0.15, 0.2) is 36.5 Å². The van der Waals surface area contributed by atoms with Gasteiger partial charge < -0.3 is 20.1 Å². The van der Waals surface area contributed by atoms with Crippen molar-refractivity contribution >= 4 is 11.8 Å². The van der Waals surface area contributed by atoms with E-state index in [0.717, 1.165) is 36.3 Å². The van der Waals surface area contributed by atoms with Gasteiger partial charge in [-0.25, -0.2) is 0 Å². The lowest BCUT2D eigenvalue weighted by molar-refractivity contribution is -0.133. The molecule has 2 N–H and O–H groups in total. The average molecular weight is 383 g/mol. The fourth-order valence-corrected chi connectivity index (χ4v) is 3.41. The summed E-state index contributed by atoms with van der Waals surface area (Å²) in [6.07, 6.45) is 3.43. The molecule has 0 spiro atoms. The molecule has 1 unspecified atom stereocenters. The molecule has 1 fully saturated rings. The molecule has 0 bridgehead atoms. The number of hydrogen-bond donors (Lipinski definition) is 1. The van der Waals surface area contributed by atoms with Crippen molar-refractivity contribution in [1.29, 1.82) is 0 Å². The van der Waals surface area contributed by atoms with Crippen LogP contribution in [0.2, 0.25) is 0 Å². The second kappa shape index (κ2) is 8.73. The summed E-state index contributed by atoms with van der Waals surface area (Å²) < 4.78 is 11.2. The zero-order chi connectivity index (χ0) is 20.1. The van der Waals surface area contributed by atoms with Gasteiger partial charge in [-0.05, 0) is 43.0 Å². The van der Waals surface area contributed by atoms with Crippen LogP contribution in [0.3, 0.4) is 0 Å². The van der Waals surface area contributed by atoms with Crippen LogP contribution in [-0.4, -0.2) is 48.0 Å². The number of nitrogens with zero attached hydrogens (tertiary/aromatic N) is 2. The van der Waals surface area contributed by atoms with Gasteiger partial charge in [-0.15, -0.1) is 0 Å². The molecule has 0 radical (unpaired) electrons. The number of amides is 2. The molecule has 1 aromatic heterocycles. The van der Waals surface area contributed by atoms with E-state index in [0.29, 0.717) is 18.7 Å². The zero-order valence-electron chi connectivity index (χ0n) is 16.2. The Morgan fingerprint density at radius 1 is 1.29 bits per heavy atom. The number of aryl methyl sites for hydroxylation is 1. The third-order valence-electron chi connectivity index (χ3n) is 4.83. The van der Waals surface area contributed by atoms with Gasteiger partial charge in [-0.3, -0.25) is 14.6 Å². The molecule has 1 aliphatic heterocycles. The first-order chi connectivity index (χ1) is 13.5. The number of pyridine rings is 1. The monoisotopic (exact) mass is 383 g/mol. The number of nitrogens with two attached hydrogens (primary N) is 1. The molecule has 1 aromatic carbocycles. The summed E-state index contributed by atoms with van der Waals surface area (Å²) in [5.41, 5.74) is 7.40. The Kier molecular flexibility index (Phi) is 6.13. The van der Waals surface area contributed by atoms with Gasteiger partial charge >= 0.3 is 0 Å². The van der Waals surface area contributed by atoms with Gasteiger partial charge in [0.05, 0.1) is 20.1 Å². The van der Waals surface area contributed by atoms with Crippen molar-refractivity contribution < 1.29 is 19.1 Å². The van der Waals surface area contributed by atoms with Crippen LogP contribution >= 0.6 is 0 Å². The highest BCUT2D eigenvalue weighted by Gasteiger charge is 2.25. The van der Waals surface area contributed by atoms with E-state index in [2.05, 4.69) is 4.98 Å². The minimum absolute atomic E-state index is 0.0745. The summed E-state index contributed by atoms with van der Waals surface area (Å²) >= 11 is 0. The normalized spacial score (nSPS) is 16.5. The summed E-state index contributed by atoms with van der Waals surface area (Å²) in [5.74, 6) is 0.829. The first-order valence-electron chi connectivity index (χ1n) is 9.30. The van der Waals surface area contributed by atoms with Crippen LogP contribution in [0.1, 0.15) is 34.5 Å². The Balaban J connectivity index is 1.61. The van der Waals surface area contributed by atoms with E-state index in [-0.39, 0.29) is 17.7 Å². The Labute approximate surface area is 164 Å². The molecule has 2 heterocycles. The molecule has 1 aliphatic rings. The molecule has 2 aromatic rings. The number of benzene rings is 1. The van der Waals surface area contributed by atoms with Gasteiger partial charge in [-0.1, -0.05) is 12.1 Å². The molecule has 0 saturated carbocycles. The summed E-state index contributed by atoms with van der Waals surface area (Å²) in [6, 6.07) is 9.01. The lowest BCUT2D eigenvalue weighted by atomic mass is 10.0. The molecule has 7 nitrogen and oxygen atoms in total. The minimum atomic E-state index is -0.597. The van der Waals surface area contributed by atoms with Crippen molar-refractivity contribution in [1.82, 2.24) is 9.88 Å². The predicted molar refractivity (Wildman–Crippen MR) is 104 cm³/mol. The second-order valence-corrected chi connectivity index (χ2v) is 6.94. The minimum Gasteiger partial charge on any atom is -0.496 e. The number of aromatic nitrogens is 1. The van der Waals surface area contributed by atoms with Crippen LogP contribution in [-0.2, 0) is 11.2 Å². The van der Waals surface area contributed by atoms with Gasteiger partial charge in [0.25, 0.3) is 5.91 Å². The van der Waals surface area contributed by atoms with Gasteiger partial charge in [-0.2, -0.15) is 0 Å². The molecule has 7 heteroatoms. The van der Waals surface area contributed by atoms with Gasteiger partial charge in [0.15, 0.2) is 0 Å². The SMILES string of the molecule is COc1ccc(CC(=O)N2CCCC(Oc3ccnc(C(N)=O)c3)C2)cc1C. The van der Waals surface area contributed by atoms with Crippen molar-refractivity contribution in [2.75, 3.05) is 20.2 Å². The van der Waals surface area contributed by atoms with E-state index in [1.54, 1.807) is 13.2 Å². The predicted octanol–water partition coefficient (Wildman–Crippen LogP) is 2.11. The maximum Gasteiger partial charge on any atom is 0.267 e. The molecule has 3 rings (SSSR count). The average Bonchev–Trinajstić information content (AvgIpc) is 2.68. The number of hydrogen-bond acceptors (Lipinski definition) is 5. The number of ether oxygens (including phenoxy) is 2. The summed E-state index contributed by atoms with van der Waals surface area (Å²) in [5, 5.41) is 0. The smallest absolute Gasteiger partial charge is 0.267 e. The standard InChI is InChI=1S/C21H25N3O4/c1-14-10-15(5-6-19(14)27-2)11-20(25)24-9-3-4-17(13-24)28-16-7-8-23-18(12-16)21(22)26/h5-8,10,12,17H,3-4,9,11,13H2,1-2H3,(H2,22,26). The Morgan fingerprint density at radius 2 is 2.11 bits per heavy atom. The highest BCUT2D eigenvalue weighted by atomic mass is 16.5. The van der Waals surface area contributed by atoms with Crippen LogP contribution in [0.5, 0.6) is 11.5 Å². The molecular formula is C21H25N3O4. The van der Waals surface area contributed by atoms with Crippen molar-refractivity contribution in [3.8, 4) is 11.5 Å². The third kappa shape index (κ3) is 4.79. The van der Waals surface area contributed by atoms with E-state index in [4.69, 9.17) is 15.2 Å². The number of primary amides is 1. The van der Waals surface area contributed by atoms with Crippen LogP contribution < -0.4 is 15.2 Å². The Bertz CT molecular complexity index is 868. The molecule has 28 heavy (non-hydrogen) atoms. The Morgan fingerprint density at radius 3 is 2.82 bits per heavy atom. The van der Waals surface area contributed by atoms with Crippen LogP contribution in [0, 0.1) is 6.92 Å². The molecule has 0 aliphatic carbocycles. The van der Waals surface area contributed by atoms with E-state index < -0.39 is 5.91 Å².